The number of nitrogens with zero attached hydrogens (tertiary/aromatic N) is 3. The van der Waals surface area contributed by atoms with Crippen LogP contribution in [0.1, 0.15) is 30.5 Å². The van der Waals surface area contributed by atoms with E-state index < -0.39 is 0 Å². The Bertz CT molecular complexity index is 855. The third kappa shape index (κ3) is 6.31. The molecule has 1 atom stereocenters. The summed E-state index contributed by atoms with van der Waals surface area (Å²) in [5, 5.41) is 9.58. The second-order valence-electron chi connectivity index (χ2n) is 6.99. The molecule has 0 fully saturated rings. The van der Waals surface area contributed by atoms with E-state index in [0.717, 1.165) is 35.3 Å². The number of aliphatic imine (C=N–C) groups is 1. The lowest BCUT2D eigenvalue weighted by Gasteiger charge is -2.26. The molecule has 0 radical (unpaired) electrons. The van der Waals surface area contributed by atoms with Crippen LogP contribution in [-0.2, 0) is 11.3 Å². The number of hydrogen-bond acceptors (Lipinski definition) is 4. The third-order valence-electron chi connectivity index (χ3n) is 4.62. The molecule has 1 aromatic heterocycles. The summed E-state index contributed by atoms with van der Waals surface area (Å²) in [5.41, 5.74) is 2.97. The largest absolute Gasteiger partial charge is 0.363 e. The lowest BCUT2D eigenvalue weighted by molar-refractivity contribution is -0.116. The number of amides is 1. The first-order valence-electron chi connectivity index (χ1n) is 9.61. The number of fused-ring (bicyclic) bond motifs is 1. The van der Waals surface area contributed by atoms with Crippen molar-refractivity contribution < 1.29 is 4.79 Å². The molecule has 7 nitrogen and oxygen atoms in total. The maximum absolute atomic E-state index is 12.0. The number of hydrogen-bond donors (Lipinski definition) is 3. The molecule has 2 heterocycles. The number of para-hydroxylation sites is 1. The Morgan fingerprint density at radius 1 is 1.21 bits per heavy atom. The van der Waals surface area contributed by atoms with Crippen molar-refractivity contribution in [3.05, 3.63) is 53.7 Å². The molecule has 0 bridgehead atoms. The molecule has 1 aromatic carbocycles. The average Bonchev–Trinajstić information content (AvgIpc) is 2.70. The van der Waals surface area contributed by atoms with E-state index in [2.05, 4.69) is 32.0 Å². The molecule has 156 valence electrons. The van der Waals surface area contributed by atoms with Crippen molar-refractivity contribution in [2.45, 2.75) is 25.8 Å². The molecule has 1 aliphatic heterocycles. The molecule has 3 N–H and O–H groups in total. The van der Waals surface area contributed by atoms with Crippen LogP contribution in [0.15, 0.2) is 47.5 Å². The highest BCUT2D eigenvalue weighted by atomic mass is 127. The van der Waals surface area contributed by atoms with Crippen LogP contribution in [0, 0.1) is 0 Å². The highest BCUT2D eigenvalue weighted by Gasteiger charge is 2.24. The Kier molecular flexibility index (Phi) is 8.69. The van der Waals surface area contributed by atoms with Gasteiger partial charge in [-0.25, -0.2) is 9.98 Å². The smallest absolute Gasteiger partial charge is 0.225 e. The first-order valence-corrected chi connectivity index (χ1v) is 9.61. The second-order valence-corrected chi connectivity index (χ2v) is 6.99. The SMILES string of the molecule is CCNC(=NCc1cccc(N(C)C)n1)NCC1CC(=O)Nc2ccccc21.I. The molecular formula is C21H29IN6O. The Morgan fingerprint density at radius 2 is 2.00 bits per heavy atom. The molecule has 0 saturated heterocycles. The van der Waals surface area contributed by atoms with E-state index in [-0.39, 0.29) is 35.8 Å². The Hall–Kier alpha value is -2.36. The maximum atomic E-state index is 12.0. The third-order valence-corrected chi connectivity index (χ3v) is 4.62. The first kappa shape index (κ1) is 22.9. The van der Waals surface area contributed by atoms with Gasteiger partial charge >= 0.3 is 0 Å². The standard InChI is InChI=1S/C21H28N6O.HI/c1-4-22-21(24-14-16-8-7-11-19(25-16)27(2)3)23-13-15-12-20(28)26-18-10-6-5-9-17(15)18;/h5-11,15H,4,12-14H2,1-3H3,(H,26,28)(H2,22,23,24);1H. The number of benzene rings is 1. The Morgan fingerprint density at radius 3 is 2.76 bits per heavy atom. The van der Waals surface area contributed by atoms with Gasteiger partial charge in [0.2, 0.25) is 5.91 Å². The minimum atomic E-state index is 0. The van der Waals surface area contributed by atoms with Crippen molar-refractivity contribution in [3.63, 3.8) is 0 Å². The molecule has 1 aliphatic rings. The van der Waals surface area contributed by atoms with Crippen LogP contribution in [-0.4, -0.2) is 44.0 Å². The number of nitrogens with one attached hydrogen (secondary N) is 3. The summed E-state index contributed by atoms with van der Waals surface area (Å²) in [4.78, 5) is 23.2. The number of anilines is 2. The Balaban J connectivity index is 0.00000300. The summed E-state index contributed by atoms with van der Waals surface area (Å²) in [6.07, 6.45) is 0.468. The molecular weight excluding hydrogens is 479 g/mol. The summed E-state index contributed by atoms with van der Waals surface area (Å²) in [7, 11) is 3.94. The molecule has 29 heavy (non-hydrogen) atoms. The molecule has 1 unspecified atom stereocenters. The number of rotatable bonds is 6. The number of aromatic nitrogens is 1. The van der Waals surface area contributed by atoms with E-state index in [0.29, 0.717) is 19.5 Å². The number of carbonyl (C=O) groups is 1. The monoisotopic (exact) mass is 508 g/mol. The Labute approximate surface area is 189 Å². The van der Waals surface area contributed by atoms with Crippen molar-refractivity contribution in [1.29, 1.82) is 0 Å². The number of halogens is 1. The van der Waals surface area contributed by atoms with Crippen molar-refractivity contribution in [1.82, 2.24) is 15.6 Å². The van der Waals surface area contributed by atoms with E-state index in [9.17, 15) is 4.79 Å². The molecule has 0 saturated carbocycles. The summed E-state index contributed by atoms with van der Waals surface area (Å²) >= 11 is 0. The first-order chi connectivity index (χ1) is 13.6. The molecule has 8 heteroatoms. The fourth-order valence-corrected chi connectivity index (χ4v) is 3.21. The predicted molar refractivity (Wildman–Crippen MR) is 129 cm³/mol. The zero-order valence-corrected chi connectivity index (χ0v) is 19.4. The number of pyridine rings is 1. The zero-order chi connectivity index (χ0) is 19.9. The summed E-state index contributed by atoms with van der Waals surface area (Å²) < 4.78 is 0. The van der Waals surface area contributed by atoms with Crippen molar-refractivity contribution in [2.75, 3.05) is 37.4 Å². The van der Waals surface area contributed by atoms with Gasteiger partial charge in [0, 0.05) is 45.2 Å². The van der Waals surface area contributed by atoms with Gasteiger partial charge in [-0.05, 0) is 30.7 Å². The van der Waals surface area contributed by atoms with Crippen LogP contribution < -0.4 is 20.9 Å². The normalized spacial score (nSPS) is 15.6. The molecule has 0 spiro atoms. The van der Waals surface area contributed by atoms with Crippen molar-refractivity contribution in [3.8, 4) is 0 Å². The van der Waals surface area contributed by atoms with E-state index >= 15 is 0 Å². The van der Waals surface area contributed by atoms with Gasteiger partial charge in [-0.1, -0.05) is 24.3 Å². The van der Waals surface area contributed by atoms with Gasteiger partial charge in [0.25, 0.3) is 0 Å². The van der Waals surface area contributed by atoms with Crippen LogP contribution in [0.3, 0.4) is 0 Å². The predicted octanol–water partition coefficient (Wildman–Crippen LogP) is 2.95. The van der Waals surface area contributed by atoms with Crippen LogP contribution in [0.2, 0.25) is 0 Å². The van der Waals surface area contributed by atoms with Crippen LogP contribution in [0.5, 0.6) is 0 Å². The molecule has 0 aliphatic carbocycles. The number of guanidine groups is 1. The van der Waals surface area contributed by atoms with Gasteiger partial charge in [0.05, 0.1) is 12.2 Å². The van der Waals surface area contributed by atoms with Gasteiger partial charge in [-0.15, -0.1) is 24.0 Å². The van der Waals surface area contributed by atoms with E-state index in [1.165, 1.54) is 0 Å². The van der Waals surface area contributed by atoms with Crippen LogP contribution in [0.4, 0.5) is 11.5 Å². The average molecular weight is 508 g/mol. The minimum Gasteiger partial charge on any atom is -0.363 e. The van der Waals surface area contributed by atoms with E-state index in [1.807, 2.05) is 62.3 Å². The maximum Gasteiger partial charge on any atom is 0.225 e. The fraction of sp³-hybridized carbons (Fsp3) is 0.381. The van der Waals surface area contributed by atoms with Crippen LogP contribution in [0.25, 0.3) is 0 Å². The van der Waals surface area contributed by atoms with E-state index in [4.69, 9.17) is 0 Å². The van der Waals surface area contributed by atoms with Gasteiger partial charge in [0.1, 0.15) is 5.82 Å². The lowest BCUT2D eigenvalue weighted by atomic mass is 9.90. The highest BCUT2D eigenvalue weighted by Crippen LogP contribution is 2.31. The summed E-state index contributed by atoms with van der Waals surface area (Å²) in [6, 6.07) is 13.9. The zero-order valence-electron chi connectivity index (χ0n) is 17.1. The molecule has 1 amide bonds. The molecule has 2 aromatic rings. The fourth-order valence-electron chi connectivity index (χ4n) is 3.21. The van der Waals surface area contributed by atoms with Crippen molar-refractivity contribution >= 4 is 47.3 Å². The lowest BCUT2D eigenvalue weighted by Crippen LogP contribution is -2.40. The summed E-state index contributed by atoms with van der Waals surface area (Å²) in [5.74, 6) is 1.81. The minimum absolute atomic E-state index is 0. The topological polar surface area (TPSA) is 81.7 Å². The van der Waals surface area contributed by atoms with Crippen molar-refractivity contribution in [2.24, 2.45) is 4.99 Å². The van der Waals surface area contributed by atoms with Gasteiger partial charge < -0.3 is 20.9 Å². The summed E-state index contributed by atoms with van der Waals surface area (Å²) in [6.45, 7) is 3.92. The quantitative estimate of drug-likeness (QED) is 0.318. The number of carbonyl (C=O) groups excluding carboxylic acids is 1. The van der Waals surface area contributed by atoms with Gasteiger partial charge in [-0.2, -0.15) is 0 Å². The van der Waals surface area contributed by atoms with Gasteiger partial charge in [0.15, 0.2) is 5.96 Å². The molecule has 3 rings (SSSR count). The van der Waals surface area contributed by atoms with Crippen LogP contribution >= 0.6 is 24.0 Å². The van der Waals surface area contributed by atoms with Gasteiger partial charge in [-0.3, -0.25) is 4.79 Å². The second kappa shape index (κ2) is 11.0. The highest BCUT2D eigenvalue weighted by molar-refractivity contribution is 14.0. The van der Waals surface area contributed by atoms with E-state index in [1.54, 1.807) is 0 Å².